The number of rotatable bonds is 7. The Kier molecular flexibility index (Phi) is 6.78. The predicted molar refractivity (Wildman–Crippen MR) is 132 cm³/mol. The molecule has 0 atom stereocenters. The van der Waals surface area contributed by atoms with E-state index in [-0.39, 0.29) is 11.0 Å². The van der Waals surface area contributed by atoms with Crippen molar-refractivity contribution in [1.29, 1.82) is 0 Å². The van der Waals surface area contributed by atoms with Crippen molar-refractivity contribution in [2.45, 2.75) is 39.0 Å². The number of aromatic amines is 1. The molecular formula is C25H29N3O4S. The topological polar surface area (TPSA) is 122 Å². The smallest absolute Gasteiger partial charge is 0.255 e. The summed E-state index contributed by atoms with van der Waals surface area (Å²) in [5.74, 6) is -0.587. The van der Waals surface area contributed by atoms with Crippen molar-refractivity contribution >= 4 is 21.6 Å². The first-order valence-electron chi connectivity index (χ1n) is 10.6. The lowest BCUT2D eigenvalue weighted by atomic mass is 9.81. The molecule has 7 nitrogen and oxygen atoms in total. The maximum atomic E-state index is 12.5. The van der Waals surface area contributed by atoms with E-state index in [0.717, 1.165) is 22.9 Å². The van der Waals surface area contributed by atoms with E-state index in [0.29, 0.717) is 35.2 Å². The zero-order valence-electron chi connectivity index (χ0n) is 19.2. The van der Waals surface area contributed by atoms with Crippen LogP contribution < -0.4 is 16.0 Å². The van der Waals surface area contributed by atoms with Crippen molar-refractivity contribution in [3.8, 4) is 11.1 Å². The maximum absolute atomic E-state index is 12.5. The van der Waals surface area contributed by atoms with Gasteiger partial charge in [0, 0.05) is 23.0 Å². The average Bonchev–Trinajstić information content (AvgIpc) is 2.71. The third kappa shape index (κ3) is 6.10. The molecule has 0 aliphatic carbocycles. The van der Waals surface area contributed by atoms with Gasteiger partial charge in [0.25, 0.3) is 5.56 Å². The fourth-order valence-electron chi connectivity index (χ4n) is 3.70. The molecule has 0 aliphatic heterocycles. The van der Waals surface area contributed by atoms with Crippen molar-refractivity contribution in [2.24, 2.45) is 5.73 Å². The second kappa shape index (κ2) is 9.23. The number of sulfonamides is 1. The predicted octanol–water partition coefficient (Wildman–Crippen LogP) is 3.60. The molecule has 4 N–H and O–H groups in total. The molecule has 3 aromatic rings. The van der Waals surface area contributed by atoms with Crippen molar-refractivity contribution in [2.75, 3.05) is 11.0 Å². The van der Waals surface area contributed by atoms with Crippen molar-refractivity contribution in [1.82, 2.24) is 4.98 Å². The third-order valence-electron chi connectivity index (χ3n) is 5.38. The van der Waals surface area contributed by atoms with Crippen molar-refractivity contribution < 1.29 is 13.2 Å². The summed E-state index contributed by atoms with van der Waals surface area (Å²) < 4.78 is 25.2. The van der Waals surface area contributed by atoms with Gasteiger partial charge < -0.3 is 10.7 Å². The van der Waals surface area contributed by atoms with Crippen LogP contribution in [0.25, 0.3) is 11.1 Å². The molecule has 0 radical (unpaired) electrons. The van der Waals surface area contributed by atoms with Gasteiger partial charge >= 0.3 is 0 Å². The Morgan fingerprint density at radius 1 is 1.03 bits per heavy atom. The van der Waals surface area contributed by atoms with Gasteiger partial charge in [-0.25, -0.2) is 8.42 Å². The number of aryl methyl sites for hydroxylation is 2. The minimum atomic E-state index is -3.34. The molecular weight excluding hydrogens is 438 g/mol. The second-order valence-corrected chi connectivity index (χ2v) is 10.9. The number of H-pyrrole nitrogens is 1. The number of nitrogens with two attached hydrogens (primary N) is 1. The van der Waals surface area contributed by atoms with Gasteiger partial charge in [0.15, 0.2) is 0 Å². The van der Waals surface area contributed by atoms with Gasteiger partial charge in [-0.3, -0.25) is 14.3 Å². The fourth-order valence-corrected chi connectivity index (χ4v) is 4.27. The Morgan fingerprint density at radius 2 is 1.70 bits per heavy atom. The number of primary amides is 1. The molecule has 2 aromatic carbocycles. The van der Waals surface area contributed by atoms with E-state index in [1.165, 1.54) is 0 Å². The number of amides is 1. The van der Waals surface area contributed by atoms with Gasteiger partial charge in [-0.1, -0.05) is 39.0 Å². The van der Waals surface area contributed by atoms with Gasteiger partial charge in [0.05, 0.1) is 11.8 Å². The number of carbonyl (C=O) groups is 1. The highest BCUT2D eigenvalue weighted by atomic mass is 32.2. The lowest BCUT2D eigenvalue weighted by Crippen LogP contribution is -2.21. The number of hydrogen-bond donors (Lipinski definition) is 3. The van der Waals surface area contributed by atoms with Gasteiger partial charge in [-0.05, 0) is 65.3 Å². The highest BCUT2D eigenvalue weighted by molar-refractivity contribution is 7.92. The fraction of sp³-hybridized carbons (Fsp3) is 0.280. The maximum Gasteiger partial charge on any atom is 0.255 e. The molecule has 1 aromatic heterocycles. The number of hydrogen-bond acceptors (Lipinski definition) is 4. The minimum Gasteiger partial charge on any atom is -0.366 e. The van der Waals surface area contributed by atoms with E-state index in [2.05, 4.69) is 30.5 Å². The van der Waals surface area contributed by atoms with Crippen LogP contribution in [0.4, 0.5) is 5.69 Å². The van der Waals surface area contributed by atoms with E-state index in [9.17, 15) is 18.0 Å². The number of aromatic nitrogens is 1. The average molecular weight is 468 g/mol. The molecule has 1 amide bonds. The molecule has 0 unspecified atom stereocenters. The summed E-state index contributed by atoms with van der Waals surface area (Å²) in [7, 11) is -3.34. The van der Waals surface area contributed by atoms with E-state index in [4.69, 9.17) is 5.73 Å². The molecule has 174 valence electrons. The summed E-state index contributed by atoms with van der Waals surface area (Å²) in [6.45, 7) is 6.22. The van der Waals surface area contributed by atoms with Crippen LogP contribution in [0.5, 0.6) is 0 Å². The molecule has 0 bridgehead atoms. The lowest BCUT2D eigenvalue weighted by molar-refractivity contribution is 0.1000. The van der Waals surface area contributed by atoms with E-state index < -0.39 is 15.9 Å². The third-order valence-corrected chi connectivity index (χ3v) is 5.99. The van der Waals surface area contributed by atoms with Crippen LogP contribution in [0.3, 0.4) is 0 Å². The van der Waals surface area contributed by atoms with Gasteiger partial charge in [-0.2, -0.15) is 0 Å². The molecule has 0 saturated carbocycles. The van der Waals surface area contributed by atoms with E-state index >= 15 is 0 Å². The molecule has 33 heavy (non-hydrogen) atoms. The van der Waals surface area contributed by atoms with Crippen molar-refractivity contribution in [3.05, 3.63) is 87.3 Å². The van der Waals surface area contributed by atoms with Crippen LogP contribution in [0.2, 0.25) is 0 Å². The molecule has 0 aliphatic rings. The number of carbonyl (C=O) groups excluding carboxylic acids is 1. The van der Waals surface area contributed by atoms with Crippen LogP contribution in [0.15, 0.2) is 59.5 Å². The molecule has 8 heteroatoms. The van der Waals surface area contributed by atoms with Crippen LogP contribution in [0, 0.1) is 0 Å². The van der Waals surface area contributed by atoms with Gasteiger partial charge in [0.1, 0.15) is 0 Å². The van der Waals surface area contributed by atoms with Crippen LogP contribution in [-0.4, -0.2) is 25.6 Å². The van der Waals surface area contributed by atoms with Crippen LogP contribution in [0.1, 0.15) is 47.8 Å². The summed E-state index contributed by atoms with van der Waals surface area (Å²) in [5.41, 5.74) is 9.79. The Morgan fingerprint density at radius 3 is 2.24 bits per heavy atom. The number of anilines is 1. The Labute approximate surface area is 194 Å². The van der Waals surface area contributed by atoms with E-state index in [1.54, 1.807) is 30.5 Å². The minimum absolute atomic E-state index is 0.208. The summed E-state index contributed by atoms with van der Waals surface area (Å²) in [4.78, 5) is 27.7. The summed E-state index contributed by atoms with van der Waals surface area (Å²) >= 11 is 0. The van der Waals surface area contributed by atoms with Gasteiger partial charge in [-0.15, -0.1) is 0 Å². The Balaban J connectivity index is 2.03. The normalized spacial score (nSPS) is 11.9. The Bertz CT molecular complexity index is 1340. The van der Waals surface area contributed by atoms with Crippen LogP contribution in [-0.2, 0) is 28.3 Å². The molecule has 0 spiro atoms. The summed E-state index contributed by atoms with van der Waals surface area (Å²) in [6, 6.07) is 14.3. The highest BCUT2D eigenvalue weighted by Crippen LogP contribution is 2.32. The summed E-state index contributed by atoms with van der Waals surface area (Å²) in [6.07, 6.45) is 3.78. The highest BCUT2D eigenvalue weighted by Gasteiger charge is 2.23. The molecule has 1 heterocycles. The molecule has 0 saturated heterocycles. The van der Waals surface area contributed by atoms with Gasteiger partial charge in [0.2, 0.25) is 15.9 Å². The summed E-state index contributed by atoms with van der Waals surface area (Å²) in [5, 5.41) is 0. The van der Waals surface area contributed by atoms with E-state index in [1.807, 2.05) is 24.3 Å². The Hall–Kier alpha value is -3.39. The standard InChI is InChI=1S/C25H29N3O4S/c1-25(2,3)18-14-17(10-7-16-8-11-19(12-9-16)28-33(4,31)32)22(23(26)29)21(15-18)20-6-5-13-27-24(20)30/h5-6,8-9,11-15,28H,7,10H2,1-4H3,(H2,26,29)(H,27,30). The zero-order valence-corrected chi connectivity index (χ0v) is 20.0. The SMILES string of the molecule is CC(C)(C)c1cc(CCc2ccc(NS(C)(=O)=O)cc2)c(C(N)=O)c(-c2ccc[nH]c2=O)c1. The zero-order chi connectivity index (χ0) is 24.4. The van der Waals surface area contributed by atoms with Crippen molar-refractivity contribution in [3.63, 3.8) is 0 Å². The first kappa shape index (κ1) is 24.3. The second-order valence-electron chi connectivity index (χ2n) is 9.16. The molecule has 0 fully saturated rings. The van der Waals surface area contributed by atoms with Crippen LogP contribution >= 0.6 is 0 Å². The number of benzene rings is 2. The first-order chi connectivity index (χ1) is 15.3. The largest absolute Gasteiger partial charge is 0.366 e. The molecule has 3 rings (SSSR count). The first-order valence-corrected chi connectivity index (χ1v) is 12.5. The lowest BCUT2D eigenvalue weighted by Gasteiger charge is -2.23. The quantitative estimate of drug-likeness (QED) is 0.491. The monoisotopic (exact) mass is 467 g/mol. The number of nitrogens with one attached hydrogen (secondary N) is 2. The number of pyridine rings is 1.